The first-order valence-corrected chi connectivity index (χ1v) is 7.25. The first-order valence-electron chi connectivity index (χ1n) is 7.25. The lowest BCUT2D eigenvalue weighted by atomic mass is 9.83. The zero-order chi connectivity index (χ0) is 14.2. The highest BCUT2D eigenvalue weighted by atomic mass is 19.1. The second-order valence-electron chi connectivity index (χ2n) is 5.22. The van der Waals surface area contributed by atoms with Crippen molar-refractivity contribution in [2.45, 2.75) is 38.7 Å². The molecule has 0 radical (unpaired) electrons. The van der Waals surface area contributed by atoms with Crippen molar-refractivity contribution in [3.05, 3.63) is 35.1 Å². The van der Waals surface area contributed by atoms with E-state index in [0.717, 1.165) is 12.3 Å². The molecule has 108 valence electrons. The molecule has 0 atom stereocenters. The number of benzene rings is 1. The van der Waals surface area contributed by atoms with Crippen LogP contribution in [0.25, 0.3) is 0 Å². The minimum atomic E-state index is -0.274. The van der Waals surface area contributed by atoms with Crippen molar-refractivity contribution in [1.82, 2.24) is 0 Å². The Morgan fingerprint density at radius 2 is 2.20 bits per heavy atom. The van der Waals surface area contributed by atoms with Crippen LogP contribution in [0.4, 0.5) is 4.39 Å². The van der Waals surface area contributed by atoms with Gasteiger partial charge in [0, 0.05) is 24.2 Å². The lowest BCUT2D eigenvalue weighted by Gasteiger charge is -2.24. The monoisotopic (exact) mass is 276 g/mol. The van der Waals surface area contributed by atoms with Gasteiger partial charge in [0.15, 0.2) is 0 Å². The molecule has 3 heteroatoms. The predicted octanol–water partition coefficient (Wildman–Crippen LogP) is 3.27. The third-order valence-electron chi connectivity index (χ3n) is 3.68. The Hall–Kier alpha value is -1.37. The van der Waals surface area contributed by atoms with E-state index in [0.29, 0.717) is 30.8 Å². The molecule has 1 aliphatic carbocycles. The summed E-state index contributed by atoms with van der Waals surface area (Å²) in [5.41, 5.74) is 1.21. The molecule has 1 N–H and O–H groups in total. The number of ether oxygens (including phenoxy) is 1. The zero-order valence-electron chi connectivity index (χ0n) is 11.7. The van der Waals surface area contributed by atoms with Crippen molar-refractivity contribution in [2.24, 2.45) is 5.92 Å². The van der Waals surface area contributed by atoms with Gasteiger partial charge in [-0.1, -0.05) is 37.2 Å². The van der Waals surface area contributed by atoms with Gasteiger partial charge in [-0.2, -0.15) is 0 Å². The Bertz CT molecular complexity index is 483. The second-order valence-corrected chi connectivity index (χ2v) is 5.22. The molecule has 0 amide bonds. The van der Waals surface area contributed by atoms with Crippen molar-refractivity contribution >= 4 is 0 Å². The summed E-state index contributed by atoms with van der Waals surface area (Å²) in [4.78, 5) is 0. The van der Waals surface area contributed by atoms with Crippen LogP contribution in [-0.2, 0) is 11.3 Å². The molecule has 2 nitrogen and oxygen atoms in total. The van der Waals surface area contributed by atoms with Crippen molar-refractivity contribution < 1.29 is 14.2 Å². The molecule has 0 saturated heterocycles. The van der Waals surface area contributed by atoms with E-state index >= 15 is 0 Å². The summed E-state index contributed by atoms with van der Waals surface area (Å²) >= 11 is 0. The van der Waals surface area contributed by atoms with Crippen LogP contribution in [0.1, 0.15) is 43.2 Å². The van der Waals surface area contributed by atoms with Crippen LogP contribution < -0.4 is 0 Å². The van der Waals surface area contributed by atoms with Crippen molar-refractivity contribution in [3.8, 4) is 11.8 Å². The smallest absolute Gasteiger partial charge is 0.129 e. The number of hydrogen-bond acceptors (Lipinski definition) is 2. The SMILES string of the molecule is OCCC#Cc1ccc(COCCC2CCC2)c(F)c1. The van der Waals surface area contributed by atoms with E-state index in [-0.39, 0.29) is 12.4 Å². The topological polar surface area (TPSA) is 29.5 Å². The molecule has 0 aliphatic heterocycles. The van der Waals surface area contributed by atoms with E-state index in [1.807, 2.05) is 0 Å². The molecule has 1 aromatic carbocycles. The Morgan fingerprint density at radius 3 is 2.85 bits per heavy atom. The van der Waals surface area contributed by atoms with Crippen LogP contribution in [0.3, 0.4) is 0 Å². The number of halogens is 1. The van der Waals surface area contributed by atoms with E-state index in [1.165, 1.54) is 25.3 Å². The molecule has 1 aromatic rings. The molecule has 2 rings (SSSR count). The first-order chi connectivity index (χ1) is 9.79. The standard InChI is InChI=1S/C17H21FO2/c18-17-12-15(4-1-2-10-19)7-8-16(17)13-20-11-9-14-5-3-6-14/h7-8,12,14,19H,2-3,5-6,9-11,13H2. The highest BCUT2D eigenvalue weighted by molar-refractivity contribution is 5.36. The minimum Gasteiger partial charge on any atom is -0.395 e. The van der Waals surface area contributed by atoms with Crippen LogP contribution in [0, 0.1) is 23.6 Å². The molecule has 1 fully saturated rings. The third-order valence-corrected chi connectivity index (χ3v) is 3.68. The van der Waals surface area contributed by atoms with Gasteiger partial charge in [-0.15, -0.1) is 0 Å². The van der Waals surface area contributed by atoms with E-state index in [2.05, 4.69) is 11.8 Å². The summed E-state index contributed by atoms with van der Waals surface area (Å²) in [6.45, 7) is 1.06. The fourth-order valence-corrected chi connectivity index (χ4v) is 2.18. The maximum absolute atomic E-state index is 13.8. The van der Waals surface area contributed by atoms with Crippen molar-refractivity contribution in [1.29, 1.82) is 0 Å². The summed E-state index contributed by atoms with van der Waals surface area (Å²) in [5.74, 6) is 6.15. The van der Waals surface area contributed by atoms with E-state index < -0.39 is 0 Å². The van der Waals surface area contributed by atoms with Crippen LogP contribution >= 0.6 is 0 Å². The lowest BCUT2D eigenvalue weighted by molar-refractivity contribution is 0.0932. The molecular weight excluding hydrogens is 255 g/mol. The summed E-state index contributed by atoms with van der Waals surface area (Å²) in [5, 5.41) is 8.63. The Labute approximate surface area is 120 Å². The summed E-state index contributed by atoms with van der Waals surface area (Å²) in [7, 11) is 0. The average molecular weight is 276 g/mol. The van der Waals surface area contributed by atoms with Gasteiger partial charge in [0.1, 0.15) is 5.82 Å². The van der Waals surface area contributed by atoms with Gasteiger partial charge in [0.2, 0.25) is 0 Å². The summed E-state index contributed by atoms with van der Waals surface area (Å²) < 4.78 is 19.4. The molecule has 0 heterocycles. The highest BCUT2D eigenvalue weighted by Gasteiger charge is 2.16. The van der Waals surface area contributed by atoms with Crippen LogP contribution in [0.15, 0.2) is 18.2 Å². The normalized spacial score (nSPS) is 14.5. The molecule has 0 bridgehead atoms. The Kier molecular flexibility index (Phi) is 6.04. The molecule has 1 saturated carbocycles. The fourth-order valence-electron chi connectivity index (χ4n) is 2.18. The Balaban J connectivity index is 1.78. The van der Waals surface area contributed by atoms with E-state index in [1.54, 1.807) is 12.1 Å². The maximum Gasteiger partial charge on any atom is 0.129 e. The third kappa shape index (κ3) is 4.63. The number of rotatable bonds is 6. The first kappa shape index (κ1) is 15.0. The molecule has 0 unspecified atom stereocenters. The van der Waals surface area contributed by atoms with Crippen molar-refractivity contribution in [2.75, 3.05) is 13.2 Å². The van der Waals surface area contributed by atoms with Gasteiger partial charge < -0.3 is 9.84 Å². The van der Waals surface area contributed by atoms with Gasteiger partial charge in [-0.25, -0.2) is 4.39 Å². The molecular formula is C17H21FO2. The summed E-state index contributed by atoms with van der Waals surface area (Å²) in [6, 6.07) is 4.94. The number of hydrogen-bond donors (Lipinski definition) is 1. The molecule has 0 aromatic heterocycles. The number of aliphatic hydroxyl groups excluding tert-OH is 1. The van der Waals surface area contributed by atoms with Crippen LogP contribution in [0.2, 0.25) is 0 Å². The fraction of sp³-hybridized carbons (Fsp3) is 0.529. The zero-order valence-corrected chi connectivity index (χ0v) is 11.7. The quantitative estimate of drug-likeness (QED) is 0.638. The van der Waals surface area contributed by atoms with Gasteiger partial charge in [-0.05, 0) is 24.5 Å². The van der Waals surface area contributed by atoms with E-state index in [9.17, 15) is 4.39 Å². The van der Waals surface area contributed by atoms with Gasteiger partial charge >= 0.3 is 0 Å². The van der Waals surface area contributed by atoms with Crippen molar-refractivity contribution in [3.63, 3.8) is 0 Å². The van der Waals surface area contributed by atoms with Crippen LogP contribution in [0.5, 0.6) is 0 Å². The summed E-state index contributed by atoms with van der Waals surface area (Å²) in [6.07, 6.45) is 5.48. The van der Waals surface area contributed by atoms with Gasteiger partial charge in [0.25, 0.3) is 0 Å². The average Bonchev–Trinajstić information content (AvgIpc) is 2.39. The highest BCUT2D eigenvalue weighted by Crippen LogP contribution is 2.29. The maximum atomic E-state index is 13.8. The largest absolute Gasteiger partial charge is 0.395 e. The van der Waals surface area contributed by atoms with Crippen LogP contribution in [-0.4, -0.2) is 18.3 Å². The second kappa shape index (κ2) is 8.04. The molecule has 1 aliphatic rings. The number of aliphatic hydroxyl groups is 1. The minimum absolute atomic E-state index is 0.0302. The van der Waals surface area contributed by atoms with E-state index in [4.69, 9.17) is 9.84 Å². The Morgan fingerprint density at radius 1 is 1.35 bits per heavy atom. The molecule has 0 spiro atoms. The predicted molar refractivity (Wildman–Crippen MR) is 76.6 cm³/mol. The lowest BCUT2D eigenvalue weighted by Crippen LogP contribution is -2.13. The van der Waals surface area contributed by atoms with Gasteiger partial charge in [0.05, 0.1) is 13.2 Å². The molecule has 20 heavy (non-hydrogen) atoms. The van der Waals surface area contributed by atoms with Gasteiger partial charge in [-0.3, -0.25) is 0 Å².